The molecule has 0 saturated carbocycles. The predicted octanol–water partition coefficient (Wildman–Crippen LogP) is 4.48. The van der Waals surface area contributed by atoms with Gasteiger partial charge < -0.3 is 10.2 Å². The van der Waals surface area contributed by atoms with Crippen LogP contribution in [0.15, 0.2) is 91.6 Å². The van der Waals surface area contributed by atoms with Crippen molar-refractivity contribution in [3.8, 4) is 0 Å². The predicted molar refractivity (Wildman–Crippen MR) is 134 cm³/mol. The molecule has 1 amide bonds. The number of rotatable bonds is 10. The third-order valence-corrected chi connectivity index (χ3v) is 5.98. The molecular formula is C27H32ClN3O. The average Bonchev–Trinajstić information content (AvgIpc) is 2.83. The quantitative estimate of drug-likeness (QED) is 0.543. The highest BCUT2D eigenvalue weighted by Gasteiger charge is 2.27. The molecule has 0 bridgehead atoms. The van der Waals surface area contributed by atoms with Gasteiger partial charge in [0.2, 0.25) is 5.91 Å². The molecule has 1 heterocycles. The van der Waals surface area contributed by atoms with Crippen LogP contribution in [0.25, 0.3) is 0 Å². The molecule has 0 aromatic heterocycles. The first kappa shape index (κ1) is 24.0. The lowest BCUT2D eigenvalue weighted by Gasteiger charge is -2.37. The van der Waals surface area contributed by atoms with Gasteiger partial charge >= 0.3 is 0 Å². The highest BCUT2D eigenvalue weighted by molar-refractivity contribution is 6.30. The topological polar surface area (TPSA) is 35.6 Å². The van der Waals surface area contributed by atoms with Crippen molar-refractivity contribution >= 4 is 17.5 Å². The highest BCUT2D eigenvalue weighted by Crippen LogP contribution is 2.13. The lowest BCUT2D eigenvalue weighted by Crippen LogP contribution is -2.54. The fraction of sp³-hybridized carbons (Fsp3) is 0.296. The summed E-state index contributed by atoms with van der Waals surface area (Å²) in [6.45, 7) is 12.3. The van der Waals surface area contributed by atoms with Gasteiger partial charge in [-0.3, -0.25) is 9.69 Å². The molecule has 0 spiro atoms. The number of nitrogens with one attached hydrogen (secondary N) is 1. The maximum absolute atomic E-state index is 13.4. The minimum absolute atomic E-state index is 0.160. The van der Waals surface area contributed by atoms with Gasteiger partial charge in [-0.1, -0.05) is 85.5 Å². The SMILES string of the molecule is C=C/C=C(\C=C)CN1CCN(C(=O)C(Cc2ccccc2)NCc2ccc(Cl)cc2)CC1. The molecule has 5 heteroatoms. The van der Waals surface area contributed by atoms with E-state index in [9.17, 15) is 4.79 Å². The van der Waals surface area contributed by atoms with E-state index in [-0.39, 0.29) is 11.9 Å². The number of benzene rings is 2. The van der Waals surface area contributed by atoms with E-state index < -0.39 is 0 Å². The van der Waals surface area contributed by atoms with Gasteiger partial charge in [0.05, 0.1) is 6.04 Å². The Kier molecular flexibility index (Phi) is 9.29. The number of carbonyl (C=O) groups is 1. The van der Waals surface area contributed by atoms with Crippen molar-refractivity contribution in [2.45, 2.75) is 19.0 Å². The maximum Gasteiger partial charge on any atom is 0.240 e. The van der Waals surface area contributed by atoms with E-state index in [1.54, 1.807) is 6.08 Å². The summed E-state index contributed by atoms with van der Waals surface area (Å²) in [4.78, 5) is 17.8. The second-order valence-electron chi connectivity index (χ2n) is 8.03. The Hall–Kier alpha value is -2.66. The van der Waals surface area contributed by atoms with Crippen molar-refractivity contribution in [2.75, 3.05) is 32.7 Å². The highest BCUT2D eigenvalue weighted by atomic mass is 35.5. The molecule has 0 radical (unpaired) electrons. The van der Waals surface area contributed by atoms with Crippen LogP contribution in [-0.2, 0) is 17.8 Å². The summed E-state index contributed by atoms with van der Waals surface area (Å²) < 4.78 is 0. The number of halogens is 1. The molecule has 2 aromatic rings. The third-order valence-electron chi connectivity index (χ3n) is 5.73. The van der Waals surface area contributed by atoms with Crippen LogP contribution < -0.4 is 5.32 Å². The summed E-state index contributed by atoms with van der Waals surface area (Å²) in [5.41, 5.74) is 3.40. The number of piperazine rings is 1. The van der Waals surface area contributed by atoms with Crippen molar-refractivity contribution in [2.24, 2.45) is 0 Å². The molecule has 4 nitrogen and oxygen atoms in total. The van der Waals surface area contributed by atoms with E-state index in [1.165, 1.54) is 0 Å². The Morgan fingerprint density at radius 2 is 1.69 bits per heavy atom. The second kappa shape index (κ2) is 12.4. The van der Waals surface area contributed by atoms with Gasteiger partial charge in [0, 0.05) is 44.3 Å². The summed E-state index contributed by atoms with van der Waals surface area (Å²) in [5.74, 6) is 0.160. The molecule has 3 rings (SSSR count). The van der Waals surface area contributed by atoms with Crippen LogP contribution in [0.1, 0.15) is 11.1 Å². The first-order chi connectivity index (χ1) is 15.6. The van der Waals surface area contributed by atoms with Crippen LogP contribution in [0.4, 0.5) is 0 Å². The smallest absolute Gasteiger partial charge is 0.240 e. The Labute approximate surface area is 196 Å². The Morgan fingerprint density at radius 1 is 1.00 bits per heavy atom. The fourth-order valence-electron chi connectivity index (χ4n) is 3.88. The molecule has 1 saturated heterocycles. The monoisotopic (exact) mass is 449 g/mol. The van der Waals surface area contributed by atoms with E-state index in [4.69, 9.17) is 11.6 Å². The summed E-state index contributed by atoms with van der Waals surface area (Å²) in [6, 6.07) is 17.6. The number of hydrogen-bond acceptors (Lipinski definition) is 3. The first-order valence-corrected chi connectivity index (χ1v) is 11.4. The van der Waals surface area contributed by atoms with Gasteiger partial charge in [0.15, 0.2) is 0 Å². The number of hydrogen-bond donors (Lipinski definition) is 1. The van der Waals surface area contributed by atoms with Crippen molar-refractivity contribution in [3.63, 3.8) is 0 Å². The Bertz CT molecular complexity index is 916. The molecular weight excluding hydrogens is 418 g/mol. The zero-order valence-corrected chi connectivity index (χ0v) is 19.3. The molecule has 168 valence electrons. The van der Waals surface area contributed by atoms with E-state index in [0.29, 0.717) is 18.0 Å². The van der Waals surface area contributed by atoms with Gasteiger partial charge in [0.25, 0.3) is 0 Å². The standard InChI is InChI=1S/C27H32ClN3O/c1-3-8-22(4-2)21-30-15-17-31(18-16-30)27(32)26(19-23-9-6-5-7-10-23)29-20-24-11-13-25(28)14-12-24/h3-14,26,29H,1-2,15-21H2/b22-8+. The molecule has 1 fully saturated rings. The summed E-state index contributed by atoms with van der Waals surface area (Å²) in [5, 5.41) is 4.20. The molecule has 1 atom stereocenters. The van der Waals surface area contributed by atoms with Crippen molar-refractivity contribution < 1.29 is 4.79 Å². The van der Waals surface area contributed by atoms with E-state index in [2.05, 4.69) is 35.5 Å². The van der Waals surface area contributed by atoms with Gasteiger partial charge in [-0.25, -0.2) is 0 Å². The van der Waals surface area contributed by atoms with E-state index in [1.807, 2.05) is 59.5 Å². The number of amides is 1. The zero-order valence-electron chi connectivity index (χ0n) is 18.6. The summed E-state index contributed by atoms with van der Waals surface area (Å²) in [7, 11) is 0. The van der Waals surface area contributed by atoms with E-state index >= 15 is 0 Å². The third kappa shape index (κ3) is 7.20. The summed E-state index contributed by atoms with van der Waals surface area (Å²) in [6.07, 6.45) is 6.31. The van der Waals surface area contributed by atoms with Gasteiger partial charge in [-0.05, 0) is 35.3 Å². The van der Waals surface area contributed by atoms with Crippen LogP contribution in [0, 0.1) is 0 Å². The van der Waals surface area contributed by atoms with Crippen LogP contribution in [0.3, 0.4) is 0 Å². The minimum Gasteiger partial charge on any atom is -0.339 e. The molecule has 1 aliphatic heterocycles. The van der Waals surface area contributed by atoms with Gasteiger partial charge in [0.1, 0.15) is 0 Å². The number of allylic oxidation sites excluding steroid dienone is 2. The van der Waals surface area contributed by atoms with Crippen molar-refractivity contribution in [1.29, 1.82) is 0 Å². The molecule has 2 aromatic carbocycles. The maximum atomic E-state index is 13.4. The van der Waals surface area contributed by atoms with Crippen LogP contribution in [0.2, 0.25) is 5.02 Å². The molecule has 0 aliphatic carbocycles. The second-order valence-corrected chi connectivity index (χ2v) is 8.47. The van der Waals surface area contributed by atoms with Gasteiger partial charge in [-0.2, -0.15) is 0 Å². The van der Waals surface area contributed by atoms with Gasteiger partial charge in [-0.15, -0.1) is 0 Å². The zero-order chi connectivity index (χ0) is 22.8. The first-order valence-electron chi connectivity index (χ1n) is 11.1. The number of nitrogens with zero attached hydrogens (tertiary/aromatic N) is 2. The average molecular weight is 450 g/mol. The summed E-state index contributed by atoms with van der Waals surface area (Å²) >= 11 is 6.00. The number of carbonyl (C=O) groups excluding carboxylic acids is 1. The molecule has 1 aliphatic rings. The Morgan fingerprint density at radius 3 is 2.31 bits per heavy atom. The van der Waals surface area contributed by atoms with Crippen LogP contribution in [-0.4, -0.2) is 54.5 Å². The van der Waals surface area contributed by atoms with Crippen LogP contribution >= 0.6 is 11.6 Å². The molecule has 1 N–H and O–H groups in total. The molecule has 32 heavy (non-hydrogen) atoms. The lowest BCUT2D eigenvalue weighted by molar-refractivity contribution is -0.135. The molecule has 1 unspecified atom stereocenters. The lowest BCUT2D eigenvalue weighted by atomic mass is 10.0. The normalized spacial score (nSPS) is 15.9. The fourth-order valence-corrected chi connectivity index (χ4v) is 4.01. The van der Waals surface area contributed by atoms with Crippen molar-refractivity contribution in [1.82, 2.24) is 15.1 Å². The Balaban J connectivity index is 1.62. The van der Waals surface area contributed by atoms with Crippen molar-refractivity contribution in [3.05, 3.63) is 108 Å². The van der Waals surface area contributed by atoms with Crippen LogP contribution in [0.5, 0.6) is 0 Å². The van der Waals surface area contributed by atoms with E-state index in [0.717, 1.165) is 49.4 Å². The minimum atomic E-state index is -0.274. The largest absolute Gasteiger partial charge is 0.339 e.